The molecule has 0 aromatic heterocycles. The highest BCUT2D eigenvalue weighted by atomic mass is 31.1. The van der Waals surface area contributed by atoms with Gasteiger partial charge in [0.15, 0.2) is 0 Å². The van der Waals surface area contributed by atoms with Crippen LogP contribution in [0.1, 0.15) is 62.3 Å². The SMILES string of the molecule is CCP(CC)[C]1[CH][CH][CH][C]1C(C)P(C(C)(C)C)C(C)(C)C. The maximum atomic E-state index is 2.49. The molecule has 21 heavy (non-hydrogen) atoms. The van der Waals surface area contributed by atoms with Gasteiger partial charge in [-0.3, -0.25) is 0 Å². The van der Waals surface area contributed by atoms with Gasteiger partial charge in [-0.1, -0.05) is 78.2 Å². The summed E-state index contributed by atoms with van der Waals surface area (Å²) in [7, 11) is -0.0488. The first-order valence-electron chi connectivity index (χ1n) is 8.34. The molecule has 0 saturated heterocycles. The van der Waals surface area contributed by atoms with E-state index in [1.165, 1.54) is 12.3 Å². The zero-order chi connectivity index (χ0) is 16.4. The Labute approximate surface area is 137 Å². The minimum atomic E-state index is -0.0951. The van der Waals surface area contributed by atoms with Crippen LogP contribution in [-0.4, -0.2) is 28.3 Å². The van der Waals surface area contributed by atoms with E-state index in [-0.39, 0.29) is 15.8 Å². The highest BCUT2D eigenvalue weighted by molar-refractivity contribution is 7.63. The van der Waals surface area contributed by atoms with E-state index >= 15 is 0 Å². The average molecular weight is 325 g/mol. The van der Waals surface area contributed by atoms with Crippen molar-refractivity contribution in [3.63, 3.8) is 0 Å². The molecule has 0 amide bonds. The summed E-state index contributed by atoms with van der Waals surface area (Å²) < 4.78 is 0. The first kappa shape index (κ1) is 19.9. The monoisotopic (exact) mass is 325 g/mol. The standard InChI is InChI=1S/C19H35P2/c1-10-20(11-2)17-14-12-13-16(17)15(3)21(18(4,5)6)19(7,8)9/h12-15H,10-11H2,1-9H3. The topological polar surface area (TPSA) is 0 Å². The Hall–Kier alpha value is 0.860. The van der Waals surface area contributed by atoms with E-state index in [4.69, 9.17) is 0 Å². The third-order valence-electron chi connectivity index (χ3n) is 4.21. The Morgan fingerprint density at radius 3 is 1.76 bits per heavy atom. The molecular weight excluding hydrogens is 290 g/mol. The van der Waals surface area contributed by atoms with Crippen molar-refractivity contribution in [2.45, 2.75) is 78.3 Å². The Morgan fingerprint density at radius 1 is 0.905 bits per heavy atom. The molecule has 0 aliphatic heterocycles. The largest absolute Gasteiger partial charge is 0.0990 e. The second-order valence-corrected chi connectivity index (χ2v) is 15.0. The lowest BCUT2D eigenvalue weighted by Gasteiger charge is -2.48. The van der Waals surface area contributed by atoms with E-state index in [0.717, 1.165) is 0 Å². The third-order valence-corrected chi connectivity index (χ3v) is 10.8. The molecule has 0 aromatic carbocycles. The summed E-state index contributed by atoms with van der Waals surface area (Å²) >= 11 is 0. The molecule has 1 rings (SSSR count). The Morgan fingerprint density at radius 2 is 1.38 bits per heavy atom. The molecule has 0 aromatic rings. The van der Waals surface area contributed by atoms with Gasteiger partial charge in [-0.2, -0.15) is 0 Å². The Balaban J connectivity index is 3.00. The van der Waals surface area contributed by atoms with Crippen molar-refractivity contribution in [2.75, 3.05) is 12.3 Å². The van der Waals surface area contributed by atoms with Crippen LogP contribution < -0.4 is 0 Å². The lowest BCUT2D eigenvalue weighted by atomic mass is 10.0. The number of rotatable bonds is 5. The lowest BCUT2D eigenvalue weighted by molar-refractivity contribution is 0.689. The van der Waals surface area contributed by atoms with E-state index in [2.05, 4.69) is 81.6 Å². The van der Waals surface area contributed by atoms with Gasteiger partial charge in [0.2, 0.25) is 0 Å². The summed E-state index contributed by atoms with van der Waals surface area (Å²) in [6.07, 6.45) is 9.74. The van der Waals surface area contributed by atoms with E-state index in [9.17, 15) is 0 Å². The molecular formula is C19H35P2. The summed E-state index contributed by atoms with van der Waals surface area (Å²) in [6.45, 7) is 21.8. The van der Waals surface area contributed by atoms with Gasteiger partial charge >= 0.3 is 0 Å². The smallest absolute Gasteiger partial charge is 0.0115 e. The van der Waals surface area contributed by atoms with E-state index in [0.29, 0.717) is 16.0 Å². The van der Waals surface area contributed by atoms with E-state index in [1.54, 1.807) is 11.6 Å². The minimum Gasteiger partial charge on any atom is -0.0990 e. The first-order chi connectivity index (χ1) is 9.54. The highest BCUT2D eigenvalue weighted by Gasteiger charge is 2.45. The molecule has 0 spiro atoms. The predicted molar refractivity (Wildman–Crippen MR) is 103 cm³/mol. The molecule has 2 heteroatoms. The zero-order valence-electron chi connectivity index (χ0n) is 15.6. The Bertz CT molecular complexity index is 293. The van der Waals surface area contributed by atoms with Gasteiger partial charge in [-0.05, 0) is 53.5 Å². The van der Waals surface area contributed by atoms with Crippen LogP contribution in [0.5, 0.6) is 0 Å². The summed E-state index contributed by atoms with van der Waals surface area (Å²) in [5.74, 6) is 1.65. The molecule has 121 valence electrons. The third kappa shape index (κ3) is 4.91. The van der Waals surface area contributed by atoms with Gasteiger partial charge in [0, 0.05) is 5.66 Å². The first-order valence-corrected chi connectivity index (χ1v) is 11.5. The fourth-order valence-corrected chi connectivity index (χ4v) is 10.9. The maximum absolute atomic E-state index is 2.49. The van der Waals surface area contributed by atoms with Crippen molar-refractivity contribution in [1.82, 2.24) is 0 Å². The summed E-state index contributed by atoms with van der Waals surface area (Å²) in [4.78, 5) is 0. The Kier molecular flexibility index (Phi) is 7.22. The van der Waals surface area contributed by atoms with Gasteiger partial charge < -0.3 is 0 Å². The second kappa shape index (κ2) is 7.62. The van der Waals surface area contributed by atoms with Crippen LogP contribution in [0.3, 0.4) is 0 Å². The molecule has 1 unspecified atom stereocenters. The van der Waals surface area contributed by atoms with Crippen LogP contribution in [-0.2, 0) is 0 Å². The highest BCUT2D eigenvalue weighted by Crippen LogP contribution is 2.69. The normalized spacial score (nSPS) is 20.7. The predicted octanol–water partition coefficient (Wildman–Crippen LogP) is 6.71. The van der Waals surface area contributed by atoms with Crippen LogP contribution in [0, 0.1) is 30.8 Å². The van der Waals surface area contributed by atoms with Gasteiger partial charge in [-0.15, -0.1) is 0 Å². The molecule has 0 nitrogen and oxygen atoms in total. The van der Waals surface area contributed by atoms with Crippen molar-refractivity contribution < 1.29 is 0 Å². The summed E-state index contributed by atoms with van der Waals surface area (Å²) in [5, 5.41) is 0.783. The minimum absolute atomic E-state index is 0.0463. The number of hydrogen-bond acceptors (Lipinski definition) is 0. The quantitative estimate of drug-likeness (QED) is 0.493. The van der Waals surface area contributed by atoms with Crippen molar-refractivity contribution >= 4 is 15.8 Å². The van der Waals surface area contributed by atoms with Crippen molar-refractivity contribution in [3.8, 4) is 0 Å². The molecule has 5 radical (unpaired) electrons. The molecule has 0 bridgehead atoms. The second-order valence-electron chi connectivity index (χ2n) is 7.93. The van der Waals surface area contributed by atoms with Crippen LogP contribution in [0.25, 0.3) is 0 Å². The molecule has 1 atom stereocenters. The maximum Gasteiger partial charge on any atom is 0.0115 e. The van der Waals surface area contributed by atoms with Gasteiger partial charge in [0.25, 0.3) is 0 Å². The fraction of sp³-hybridized carbons (Fsp3) is 0.737. The van der Waals surface area contributed by atoms with Gasteiger partial charge in [-0.25, -0.2) is 0 Å². The average Bonchev–Trinajstić information content (AvgIpc) is 2.75. The lowest BCUT2D eigenvalue weighted by Crippen LogP contribution is -2.33. The zero-order valence-corrected chi connectivity index (χ0v) is 17.4. The molecule has 1 saturated carbocycles. The van der Waals surface area contributed by atoms with E-state index < -0.39 is 0 Å². The molecule has 1 aliphatic carbocycles. The molecule has 1 aliphatic rings. The molecule has 0 heterocycles. The van der Waals surface area contributed by atoms with E-state index in [1.807, 2.05) is 0 Å². The molecule has 0 N–H and O–H groups in total. The van der Waals surface area contributed by atoms with Crippen LogP contribution in [0.15, 0.2) is 0 Å². The van der Waals surface area contributed by atoms with Gasteiger partial charge in [0.1, 0.15) is 0 Å². The number of hydrogen-bond donors (Lipinski definition) is 0. The van der Waals surface area contributed by atoms with Crippen LogP contribution in [0.4, 0.5) is 0 Å². The van der Waals surface area contributed by atoms with Crippen molar-refractivity contribution in [1.29, 1.82) is 0 Å². The van der Waals surface area contributed by atoms with Crippen LogP contribution >= 0.6 is 15.8 Å². The van der Waals surface area contributed by atoms with Gasteiger partial charge in [0.05, 0.1) is 0 Å². The molecule has 1 fully saturated rings. The fourth-order valence-electron chi connectivity index (χ4n) is 3.94. The summed E-state index contributed by atoms with van der Waals surface area (Å²) in [6, 6.07) is 0. The van der Waals surface area contributed by atoms with Crippen molar-refractivity contribution in [2.24, 2.45) is 0 Å². The van der Waals surface area contributed by atoms with Crippen molar-refractivity contribution in [3.05, 3.63) is 30.8 Å². The summed E-state index contributed by atoms with van der Waals surface area (Å²) in [5.41, 5.74) is 2.37. The van der Waals surface area contributed by atoms with Crippen LogP contribution in [0.2, 0.25) is 0 Å².